The van der Waals surface area contributed by atoms with E-state index in [1.807, 2.05) is 18.2 Å². The van der Waals surface area contributed by atoms with Crippen LogP contribution in [0.2, 0.25) is 0 Å². The fourth-order valence-electron chi connectivity index (χ4n) is 1.97. The molecule has 0 saturated carbocycles. The first-order valence-electron chi connectivity index (χ1n) is 6.22. The van der Waals surface area contributed by atoms with Crippen LogP contribution in [0.3, 0.4) is 0 Å². The van der Waals surface area contributed by atoms with Gasteiger partial charge in [-0.15, -0.1) is 11.3 Å². The van der Waals surface area contributed by atoms with Gasteiger partial charge in [0.1, 0.15) is 6.33 Å². The van der Waals surface area contributed by atoms with E-state index >= 15 is 0 Å². The summed E-state index contributed by atoms with van der Waals surface area (Å²) in [6, 6.07) is 9.62. The molecule has 0 bridgehead atoms. The highest BCUT2D eigenvalue weighted by Gasteiger charge is 2.13. The monoisotopic (exact) mass is 286 g/mol. The van der Waals surface area contributed by atoms with Gasteiger partial charge >= 0.3 is 0 Å². The van der Waals surface area contributed by atoms with Crippen molar-refractivity contribution in [3.63, 3.8) is 0 Å². The number of fused-ring (bicyclic) bond motifs is 1. The Morgan fingerprint density at radius 2 is 2.15 bits per heavy atom. The van der Waals surface area contributed by atoms with E-state index in [2.05, 4.69) is 21.0 Å². The van der Waals surface area contributed by atoms with Crippen molar-refractivity contribution >= 4 is 21.6 Å². The molecule has 2 N–H and O–H groups in total. The van der Waals surface area contributed by atoms with E-state index in [-0.39, 0.29) is 6.04 Å². The van der Waals surface area contributed by atoms with Gasteiger partial charge in [-0.2, -0.15) is 0 Å². The molecule has 102 valence electrons. The molecule has 2 aromatic heterocycles. The van der Waals surface area contributed by atoms with Crippen LogP contribution in [0.15, 0.2) is 36.7 Å². The number of benzene rings is 1. The van der Waals surface area contributed by atoms with Crippen molar-refractivity contribution in [2.24, 2.45) is 5.73 Å². The highest BCUT2D eigenvalue weighted by atomic mass is 32.1. The molecule has 0 saturated heterocycles. The van der Waals surface area contributed by atoms with Crippen LogP contribution in [-0.2, 0) is 6.42 Å². The number of aromatic nitrogens is 3. The zero-order chi connectivity index (χ0) is 13.9. The van der Waals surface area contributed by atoms with E-state index in [0.717, 1.165) is 16.2 Å². The highest BCUT2D eigenvalue weighted by Crippen LogP contribution is 2.25. The molecule has 0 aliphatic heterocycles. The summed E-state index contributed by atoms with van der Waals surface area (Å²) in [7, 11) is 1.57. The largest absolute Gasteiger partial charge is 0.481 e. The van der Waals surface area contributed by atoms with Gasteiger partial charge in [-0.25, -0.2) is 15.0 Å². The fourth-order valence-corrected chi connectivity index (χ4v) is 2.99. The Morgan fingerprint density at radius 1 is 1.30 bits per heavy atom. The number of nitrogens with two attached hydrogens (primary N) is 1. The second kappa shape index (κ2) is 5.52. The molecular weight excluding hydrogens is 272 g/mol. The van der Waals surface area contributed by atoms with Crippen LogP contribution in [0.4, 0.5) is 0 Å². The van der Waals surface area contributed by atoms with E-state index in [4.69, 9.17) is 10.5 Å². The minimum Gasteiger partial charge on any atom is -0.481 e. The number of hydrogen-bond donors (Lipinski definition) is 1. The summed E-state index contributed by atoms with van der Waals surface area (Å²) < 4.78 is 6.26. The second-order valence-corrected chi connectivity index (χ2v) is 5.49. The summed E-state index contributed by atoms with van der Waals surface area (Å²) in [4.78, 5) is 12.8. The molecule has 0 radical (unpaired) electrons. The lowest BCUT2D eigenvalue weighted by Crippen LogP contribution is -2.15. The molecular formula is C14H14N4OS. The molecule has 20 heavy (non-hydrogen) atoms. The maximum atomic E-state index is 6.19. The van der Waals surface area contributed by atoms with Gasteiger partial charge < -0.3 is 10.5 Å². The topological polar surface area (TPSA) is 73.9 Å². The quantitative estimate of drug-likeness (QED) is 0.797. The Balaban J connectivity index is 1.82. The maximum absolute atomic E-state index is 6.19. The molecule has 0 fully saturated rings. The SMILES string of the molecule is COc1cc(C(N)Cc2nc3ccccc3s2)ncn1. The number of nitrogens with zero attached hydrogens (tertiary/aromatic N) is 3. The smallest absolute Gasteiger partial charge is 0.216 e. The standard InChI is InChI=1S/C14H14N4OS/c1-19-13-7-11(16-8-17-13)9(15)6-14-18-10-4-2-3-5-12(10)20-14/h2-5,7-9H,6,15H2,1H3. The van der Waals surface area contributed by atoms with E-state index in [0.29, 0.717) is 12.3 Å². The Kier molecular flexibility index (Phi) is 3.58. The third-order valence-corrected chi connectivity index (χ3v) is 4.04. The summed E-state index contributed by atoms with van der Waals surface area (Å²) in [5.74, 6) is 0.523. The Bertz CT molecular complexity index is 695. The lowest BCUT2D eigenvalue weighted by Gasteiger charge is -2.09. The highest BCUT2D eigenvalue weighted by molar-refractivity contribution is 7.18. The van der Waals surface area contributed by atoms with E-state index in [1.54, 1.807) is 24.5 Å². The van der Waals surface area contributed by atoms with Crippen molar-refractivity contribution in [3.05, 3.63) is 47.4 Å². The Morgan fingerprint density at radius 3 is 2.95 bits per heavy atom. The van der Waals surface area contributed by atoms with E-state index < -0.39 is 0 Å². The lowest BCUT2D eigenvalue weighted by atomic mass is 10.1. The van der Waals surface area contributed by atoms with E-state index in [9.17, 15) is 0 Å². The van der Waals surface area contributed by atoms with Gasteiger partial charge in [0.25, 0.3) is 0 Å². The summed E-state index contributed by atoms with van der Waals surface area (Å²) in [5.41, 5.74) is 7.97. The van der Waals surface area contributed by atoms with Crippen LogP contribution in [0.5, 0.6) is 5.88 Å². The van der Waals surface area contributed by atoms with Gasteiger partial charge in [0.2, 0.25) is 5.88 Å². The summed E-state index contributed by atoms with van der Waals surface area (Å²) in [5, 5.41) is 1.01. The molecule has 1 aromatic carbocycles. The first kappa shape index (κ1) is 13.0. The van der Waals surface area contributed by atoms with Crippen LogP contribution < -0.4 is 10.5 Å². The predicted molar refractivity (Wildman–Crippen MR) is 78.8 cm³/mol. The van der Waals surface area contributed by atoms with Crippen molar-refractivity contribution < 1.29 is 4.74 Å². The molecule has 0 amide bonds. The molecule has 5 nitrogen and oxygen atoms in total. The van der Waals surface area contributed by atoms with Crippen LogP contribution in [0.25, 0.3) is 10.2 Å². The van der Waals surface area contributed by atoms with Gasteiger partial charge in [-0.05, 0) is 12.1 Å². The minimum atomic E-state index is -0.215. The molecule has 0 aliphatic rings. The third kappa shape index (κ3) is 2.61. The zero-order valence-corrected chi connectivity index (χ0v) is 11.8. The lowest BCUT2D eigenvalue weighted by molar-refractivity contribution is 0.395. The maximum Gasteiger partial charge on any atom is 0.216 e. The van der Waals surface area contributed by atoms with Crippen LogP contribution in [-0.4, -0.2) is 22.1 Å². The molecule has 3 rings (SSSR count). The third-order valence-electron chi connectivity index (χ3n) is 2.98. The first-order chi connectivity index (χ1) is 9.76. The Hall–Kier alpha value is -2.05. The number of ether oxygens (including phenoxy) is 1. The number of rotatable bonds is 4. The van der Waals surface area contributed by atoms with Crippen molar-refractivity contribution in [3.8, 4) is 5.88 Å². The number of para-hydroxylation sites is 1. The molecule has 2 heterocycles. The Labute approximate surface area is 120 Å². The van der Waals surface area contributed by atoms with Crippen molar-refractivity contribution in [1.82, 2.24) is 15.0 Å². The van der Waals surface area contributed by atoms with E-state index in [1.165, 1.54) is 11.0 Å². The average molecular weight is 286 g/mol. The van der Waals surface area contributed by atoms with Crippen molar-refractivity contribution in [1.29, 1.82) is 0 Å². The van der Waals surface area contributed by atoms with Gasteiger partial charge in [0.05, 0.1) is 34.1 Å². The molecule has 1 atom stereocenters. The zero-order valence-electron chi connectivity index (χ0n) is 11.0. The van der Waals surface area contributed by atoms with Gasteiger partial charge in [-0.3, -0.25) is 0 Å². The molecule has 1 unspecified atom stereocenters. The van der Waals surface area contributed by atoms with Gasteiger partial charge in [-0.1, -0.05) is 12.1 Å². The van der Waals surface area contributed by atoms with Crippen LogP contribution in [0.1, 0.15) is 16.7 Å². The molecule has 6 heteroatoms. The van der Waals surface area contributed by atoms with Gasteiger partial charge in [0.15, 0.2) is 0 Å². The first-order valence-corrected chi connectivity index (χ1v) is 7.04. The minimum absolute atomic E-state index is 0.215. The van der Waals surface area contributed by atoms with Crippen LogP contribution in [0, 0.1) is 0 Å². The number of thiazole rings is 1. The number of methoxy groups -OCH3 is 1. The molecule has 3 aromatic rings. The molecule has 0 aliphatic carbocycles. The van der Waals surface area contributed by atoms with Crippen LogP contribution >= 0.6 is 11.3 Å². The van der Waals surface area contributed by atoms with Gasteiger partial charge in [0, 0.05) is 12.5 Å². The molecule has 0 spiro atoms. The normalized spacial score (nSPS) is 12.5. The van der Waals surface area contributed by atoms with Crippen molar-refractivity contribution in [2.45, 2.75) is 12.5 Å². The van der Waals surface area contributed by atoms with Crippen molar-refractivity contribution in [2.75, 3.05) is 7.11 Å². The number of hydrogen-bond acceptors (Lipinski definition) is 6. The second-order valence-electron chi connectivity index (χ2n) is 4.37. The fraction of sp³-hybridized carbons (Fsp3) is 0.214. The predicted octanol–water partition coefficient (Wildman–Crippen LogP) is 2.34. The summed E-state index contributed by atoms with van der Waals surface area (Å²) in [6.45, 7) is 0. The average Bonchev–Trinajstić information content (AvgIpc) is 2.89. The summed E-state index contributed by atoms with van der Waals surface area (Å²) >= 11 is 1.66. The summed E-state index contributed by atoms with van der Waals surface area (Å²) in [6.07, 6.45) is 2.12.